The predicted molar refractivity (Wildman–Crippen MR) is 109 cm³/mol. The molecule has 1 saturated heterocycles. The number of hydrogen-bond acceptors (Lipinski definition) is 6. The minimum Gasteiger partial charge on any atom is -0.376 e. The van der Waals surface area contributed by atoms with Gasteiger partial charge in [0.05, 0.1) is 30.3 Å². The zero-order valence-corrected chi connectivity index (χ0v) is 17.0. The topological polar surface area (TPSA) is 66.0 Å². The van der Waals surface area contributed by atoms with Crippen molar-refractivity contribution in [1.29, 1.82) is 0 Å². The van der Waals surface area contributed by atoms with E-state index in [4.69, 9.17) is 14.2 Å². The van der Waals surface area contributed by atoms with E-state index in [0.717, 1.165) is 67.8 Å². The zero-order chi connectivity index (χ0) is 19.2. The lowest BCUT2D eigenvalue weighted by atomic mass is 10.1. The van der Waals surface area contributed by atoms with Gasteiger partial charge in [-0.25, -0.2) is 4.98 Å². The first-order valence-corrected chi connectivity index (χ1v) is 11.0. The molecule has 0 saturated carbocycles. The van der Waals surface area contributed by atoms with Crippen LogP contribution in [0.15, 0.2) is 46.2 Å². The fraction of sp³-hybridized carbons (Fsp3) is 0.476. The summed E-state index contributed by atoms with van der Waals surface area (Å²) < 4.78 is 13.5. The molecule has 0 radical (unpaired) electrons. The van der Waals surface area contributed by atoms with Gasteiger partial charge in [0.1, 0.15) is 0 Å². The van der Waals surface area contributed by atoms with Crippen LogP contribution in [0.5, 0.6) is 0 Å². The molecular formula is C21H26N4O2S. The molecule has 1 aliphatic rings. The average molecular weight is 399 g/mol. The van der Waals surface area contributed by atoms with Crippen LogP contribution in [-0.2, 0) is 23.5 Å². The Morgan fingerprint density at radius 3 is 2.93 bits per heavy atom. The molecule has 0 N–H and O–H groups in total. The number of benzene rings is 1. The Hall–Kier alpha value is -2.12. The Labute approximate surface area is 169 Å². The molecule has 0 aliphatic carbocycles. The maximum Gasteiger partial charge on any atom is 0.226 e. The van der Waals surface area contributed by atoms with Crippen molar-refractivity contribution < 1.29 is 9.26 Å². The van der Waals surface area contributed by atoms with Crippen LogP contribution < -0.4 is 0 Å². The summed E-state index contributed by atoms with van der Waals surface area (Å²) in [6, 6.07) is 10.4. The number of unbranched alkanes of at least 4 members (excludes halogenated alkanes) is 1. The number of aryl methyl sites for hydroxylation is 1. The van der Waals surface area contributed by atoms with Crippen LogP contribution in [0.2, 0.25) is 0 Å². The van der Waals surface area contributed by atoms with Crippen LogP contribution in [0.1, 0.15) is 44.3 Å². The minimum absolute atomic E-state index is 0.252. The second kappa shape index (κ2) is 9.39. The largest absolute Gasteiger partial charge is 0.376 e. The van der Waals surface area contributed by atoms with Crippen molar-refractivity contribution in [2.75, 3.05) is 6.61 Å². The fourth-order valence-corrected chi connectivity index (χ4v) is 4.22. The third-order valence-electron chi connectivity index (χ3n) is 4.88. The first kappa shape index (κ1) is 19.2. The molecule has 6 nitrogen and oxygen atoms in total. The van der Waals surface area contributed by atoms with Crippen molar-refractivity contribution >= 4 is 11.8 Å². The molecule has 2 aromatic heterocycles. The second-order valence-electron chi connectivity index (χ2n) is 7.03. The van der Waals surface area contributed by atoms with E-state index in [0.29, 0.717) is 5.75 Å². The van der Waals surface area contributed by atoms with E-state index in [1.807, 2.05) is 12.3 Å². The lowest BCUT2D eigenvalue weighted by Crippen LogP contribution is -2.16. The van der Waals surface area contributed by atoms with Gasteiger partial charge in [-0.05, 0) is 24.8 Å². The smallest absolute Gasteiger partial charge is 0.226 e. The molecule has 148 valence electrons. The quantitative estimate of drug-likeness (QED) is 0.485. The van der Waals surface area contributed by atoms with E-state index in [9.17, 15) is 0 Å². The standard InChI is InChI=1S/C21H26N4O2S/c1-2-3-11-20-23-19(24-27-20)15-28-21-22-13-18(16-8-5-4-6-9-16)25(21)14-17-10-7-12-26-17/h4-6,8-9,13,17H,2-3,7,10-12,14-15H2,1H3. The molecule has 3 heterocycles. The Bertz CT molecular complexity index is 872. The molecule has 1 aromatic carbocycles. The van der Waals surface area contributed by atoms with Crippen LogP contribution in [0.4, 0.5) is 0 Å². The van der Waals surface area contributed by atoms with Gasteiger partial charge in [-0.1, -0.05) is 60.6 Å². The first-order chi connectivity index (χ1) is 13.8. The molecule has 1 fully saturated rings. The van der Waals surface area contributed by atoms with Gasteiger partial charge in [0.15, 0.2) is 11.0 Å². The predicted octanol–water partition coefficient (Wildman–Crippen LogP) is 4.75. The maximum atomic E-state index is 5.88. The number of nitrogens with zero attached hydrogens (tertiary/aromatic N) is 4. The molecule has 0 amide bonds. The summed E-state index contributed by atoms with van der Waals surface area (Å²) in [6.07, 6.45) is 7.47. The van der Waals surface area contributed by atoms with Crippen LogP contribution in [0, 0.1) is 0 Å². The van der Waals surface area contributed by atoms with Gasteiger partial charge in [0.25, 0.3) is 0 Å². The van der Waals surface area contributed by atoms with Crippen molar-refractivity contribution in [2.45, 2.75) is 62.6 Å². The number of aromatic nitrogens is 4. The number of hydrogen-bond donors (Lipinski definition) is 0. The van der Waals surface area contributed by atoms with Gasteiger partial charge < -0.3 is 13.8 Å². The van der Waals surface area contributed by atoms with E-state index in [-0.39, 0.29) is 6.10 Å². The molecule has 7 heteroatoms. The first-order valence-electron chi connectivity index (χ1n) is 10.0. The highest BCUT2D eigenvalue weighted by molar-refractivity contribution is 7.98. The molecule has 4 rings (SSSR count). The van der Waals surface area contributed by atoms with Crippen LogP contribution >= 0.6 is 11.8 Å². The molecule has 0 spiro atoms. The van der Waals surface area contributed by atoms with Gasteiger partial charge in [-0.15, -0.1) is 0 Å². The van der Waals surface area contributed by atoms with Crippen molar-refractivity contribution in [2.24, 2.45) is 0 Å². The minimum atomic E-state index is 0.252. The van der Waals surface area contributed by atoms with E-state index < -0.39 is 0 Å². The van der Waals surface area contributed by atoms with Gasteiger partial charge in [-0.2, -0.15) is 4.98 Å². The third kappa shape index (κ3) is 4.64. The van der Waals surface area contributed by atoms with E-state index in [1.54, 1.807) is 11.8 Å². The van der Waals surface area contributed by atoms with Crippen molar-refractivity contribution in [1.82, 2.24) is 19.7 Å². The number of thioether (sulfide) groups is 1. The Morgan fingerprint density at radius 1 is 1.25 bits per heavy atom. The second-order valence-corrected chi connectivity index (χ2v) is 7.98. The molecule has 1 atom stereocenters. The summed E-state index contributed by atoms with van der Waals surface area (Å²) in [7, 11) is 0. The lowest BCUT2D eigenvalue weighted by Gasteiger charge is -2.16. The summed E-state index contributed by atoms with van der Waals surface area (Å²) in [5.41, 5.74) is 2.29. The van der Waals surface area contributed by atoms with Gasteiger partial charge in [-0.3, -0.25) is 0 Å². The van der Waals surface area contributed by atoms with Crippen molar-refractivity contribution in [3.63, 3.8) is 0 Å². The van der Waals surface area contributed by atoms with E-state index in [1.165, 1.54) is 5.56 Å². The van der Waals surface area contributed by atoms with Crippen molar-refractivity contribution in [3.8, 4) is 11.3 Å². The molecule has 1 unspecified atom stereocenters. The number of imidazole rings is 1. The van der Waals surface area contributed by atoms with Gasteiger partial charge in [0.2, 0.25) is 5.89 Å². The number of rotatable bonds is 9. The Balaban J connectivity index is 1.51. The summed E-state index contributed by atoms with van der Waals surface area (Å²) in [4.78, 5) is 9.19. The molecule has 1 aliphatic heterocycles. The highest BCUT2D eigenvalue weighted by Crippen LogP contribution is 2.29. The van der Waals surface area contributed by atoms with E-state index in [2.05, 4.69) is 45.9 Å². The zero-order valence-electron chi connectivity index (χ0n) is 16.2. The highest BCUT2D eigenvalue weighted by Gasteiger charge is 2.21. The lowest BCUT2D eigenvalue weighted by molar-refractivity contribution is 0.0954. The van der Waals surface area contributed by atoms with Crippen LogP contribution in [0.3, 0.4) is 0 Å². The SMILES string of the molecule is CCCCc1nc(CSc2ncc(-c3ccccc3)n2CC2CCCO2)no1. The Kier molecular flexibility index (Phi) is 6.44. The van der Waals surface area contributed by atoms with Crippen LogP contribution in [-0.4, -0.2) is 32.4 Å². The van der Waals surface area contributed by atoms with Crippen molar-refractivity contribution in [3.05, 3.63) is 48.2 Å². The third-order valence-corrected chi connectivity index (χ3v) is 5.87. The van der Waals surface area contributed by atoms with Gasteiger partial charge >= 0.3 is 0 Å². The van der Waals surface area contributed by atoms with E-state index >= 15 is 0 Å². The molecule has 3 aromatic rings. The molecule has 0 bridgehead atoms. The summed E-state index contributed by atoms with van der Waals surface area (Å²) in [5, 5.41) is 5.08. The van der Waals surface area contributed by atoms with Crippen LogP contribution in [0.25, 0.3) is 11.3 Å². The summed E-state index contributed by atoms with van der Waals surface area (Å²) in [5.74, 6) is 2.10. The fourth-order valence-electron chi connectivity index (χ4n) is 3.39. The maximum absolute atomic E-state index is 5.88. The normalized spacial score (nSPS) is 16.7. The highest BCUT2D eigenvalue weighted by atomic mass is 32.2. The average Bonchev–Trinajstić information content (AvgIpc) is 3.48. The molecular weight excluding hydrogens is 372 g/mol. The monoisotopic (exact) mass is 398 g/mol. The summed E-state index contributed by atoms with van der Waals surface area (Å²) >= 11 is 1.65. The van der Waals surface area contributed by atoms with Gasteiger partial charge in [0, 0.05) is 13.0 Å². The summed E-state index contributed by atoms with van der Waals surface area (Å²) in [6.45, 7) is 3.83. The Morgan fingerprint density at radius 2 is 2.14 bits per heavy atom. The number of ether oxygens (including phenoxy) is 1. The molecule has 28 heavy (non-hydrogen) atoms.